The lowest BCUT2D eigenvalue weighted by molar-refractivity contribution is 0.601. The number of aryl methyl sites for hydroxylation is 1. The number of nitrogens with one attached hydrogen (secondary N) is 2. The van der Waals surface area contributed by atoms with Crippen molar-refractivity contribution in [1.82, 2.24) is 15.1 Å². The van der Waals surface area contributed by atoms with Crippen LogP contribution in [-0.4, -0.2) is 25.2 Å². The molecule has 1 heterocycles. The summed E-state index contributed by atoms with van der Waals surface area (Å²) in [5, 5.41) is 7.05. The van der Waals surface area contributed by atoms with E-state index in [9.17, 15) is 8.42 Å². The largest absolute Gasteiger partial charge is 0.316 e. The second-order valence-electron chi connectivity index (χ2n) is 4.36. The van der Waals surface area contributed by atoms with E-state index in [1.54, 1.807) is 35.1 Å². The van der Waals surface area contributed by atoms with Crippen LogP contribution in [0.5, 0.6) is 0 Å². The lowest BCUT2D eigenvalue weighted by Gasteiger charge is -2.07. The van der Waals surface area contributed by atoms with Crippen LogP contribution >= 0.6 is 0 Å². The molecule has 0 amide bonds. The number of benzene rings is 1. The molecule has 0 saturated heterocycles. The van der Waals surface area contributed by atoms with E-state index in [1.165, 1.54) is 6.20 Å². The van der Waals surface area contributed by atoms with Crippen molar-refractivity contribution in [3.8, 4) is 0 Å². The Hall–Kier alpha value is -1.86. The van der Waals surface area contributed by atoms with Crippen molar-refractivity contribution in [2.45, 2.75) is 24.9 Å². The predicted octanol–water partition coefficient (Wildman–Crippen LogP) is 1.42. The van der Waals surface area contributed by atoms with Crippen molar-refractivity contribution in [3.63, 3.8) is 0 Å². The van der Waals surface area contributed by atoms with Crippen molar-refractivity contribution in [3.05, 3.63) is 42.2 Å². The SMILES string of the molecule is CCn1cc(NS(=O)(=O)c2ccc(CNC)cc2)cn1. The third-order valence-corrected chi connectivity index (χ3v) is 4.22. The minimum Gasteiger partial charge on any atom is -0.316 e. The zero-order valence-corrected chi connectivity index (χ0v) is 12.3. The second kappa shape index (κ2) is 6.06. The molecule has 1 aromatic heterocycles. The van der Waals surface area contributed by atoms with Crippen LogP contribution in [0.2, 0.25) is 0 Å². The van der Waals surface area contributed by atoms with Gasteiger partial charge >= 0.3 is 0 Å². The molecule has 7 heteroatoms. The number of aromatic nitrogens is 2. The van der Waals surface area contributed by atoms with Gasteiger partial charge in [-0.15, -0.1) is 0 Å². The van der Waals surface area contributed by atoms with Crippen molar-refractivity contribution >= 4 is 15.7 Å². The number of hydrogen-bond donors (Lipinski definition) is 2. The second-order valence-corrected chi connectivity index (χ2v) is 6.05. The molecule has 0 aliphatic heterocycles. The third-order valence-electron chi connectivity index (χ3n) is 2.82. The molecule has 2 N–H and O–H groups in total. The summed E-state index contributed by atoms with van der Waals surface area (Å²) >= 11 is 0. The molecule has 0 aliphatic carbocycles. The van der Waals surface area contributed by atoms with Gasteiger partial charge in [0.05, 0.1) is 16.8 Å². The van der Waals surface area contributed by atoms with E-state index in [0.29, 0.717) is 18.8 Å². The predicted molar refractivity (Wildman–Crippen MR) is 77.9 cm³/mol. The molecule has 0 radical (unpaired) electrons. The van der Waals surface area contributed by atoms with Crippen LogP contribution in [0, 0.1) is 0 Å². The lowest BCUT2D eigenvalue weighted by Crippen LogP contribution is -2.13. The summed E-state index contributed by atoms with van der Waals surface area (Å²) in [5.41, 5.74) is 1.50. The Morgan fingerprint density at radius 1 is 1.25 bits per heavy atom. The molecule has 0 aliphatic rings. The first kappa shape index (κ1) is 14.5. The molecule has 20 heavy (non-hydrogen) atoms. The molecule has 2 aromatic rings. The summed E-state index contributed by atoms with van der Waals surface area (Å²) in [5.74, 6) is 0. The van der Waals surface area contributed by atoms with Crippen LogP contribution in [0.15, 0.2) is 41.6 Å². The van der Waals surface area contributed by atoms with Gasteiger partial charge in [0, 0.05) is 19.3 Å². The lowest BCUT2D eigenvalue weighted by atomic mass is 10.2. The van der Waals surface area contributed by atoms with E-state index in [0.717, 1.165) is 5.56 Å². The van der Waals surface area contributed by atoms with Gasteiger partial charge in [-0.25, -0.2) is 8.42 Å². The average molecular weight is 294 g/mol. The maximum absolute atomic E-state index is 12.2. The van der Waals surface area contributed by atoms with Gasteiger partial charge in [0.25, 0.3) is 10.0 Å². The molecular formula is C13H18N4O2S. The van der Waals surface area contributed by atoms with Crippen LogP contribution in [0.1, 0.15) is 12.5 Å². The Kier molecular flexibility index (Phi) is 4.41. The minimum atomic E-state index is -3.56. The summed E-state index contributed by atoms with van der Waals surface area (Å²) in [6.45, 7) is 3.34. The van der Waals surface area contributed by atoms with Crippen LogP contribution in [-0.2, 0) is 23.1 Å². The Balaban J connectivity index is 2.17. The summed E-state index contributed by atoms with van der Waals surface area (Å²) in [4.78, 5) is 0.238. The highest BCUT2D eigenvalue weighted by Gasteiger charge is 2.14. The first-order valence-electron chi connectivity index (χ1n) is 6.34. The average Bonchev–Trinajstić information content (AvgIpc) is 2.87. The molecule has 1 aromatic carbocycles. The van der Waals surface area contributed by atoms with Crippen LogP contribution in [0.3, 0.4) is 0 Å². The van der Waals surface area contributed by atoms with E-state index in [2.05, 4.69) is 15.1 Å². The fourth-order valence-corrected chi connectivity index (χ4v) is 2.82. The van der Waals surface area contributed by atoms with Gasteiger partial charge < -0.3 is 5.32 Å². The summed E-state index contributed by atoms with van der Waals surface area (Å²) < 4.78 is 28.6. The Bertz CT molecular complexity index is 662. The zero-order valence-electron chi connectivity index (χ0n) is 11.5. The summed E-state index contributed by atoms with van der Waals surface area (Å²) in [7, 11) is -1.72. The first-order valence-corrected chi connectivity index (χ1v) is 7.82. The van der Waals surface area contributed by atoms with E-state index in [4.69, 9.17) is 0 Å². The highest BCUT2D eigenvalue weighted by Crippen LogP contribution is 2.16. The molecule has 6 nitrogen and oxygen atoms in total. The molecule has 0 atom stereocenters. The first-order chi connectivity index (χ1) is 9.55. The molecule has 0 fully saturated rings. The highest BCUT2D eigenvalue weighted by atomic mass is 32.2. The van der Waals surface area contributed by atoms with Crippen molar-refractivity contribution in [2.75, 3.05) is 11.8 Å². The van der Waals surface area contributed by atoms with Crippen molar-refractivity contribution < 1.29 is 8.42 Å². The smallest absolute Gasteiger partial charge is 0.261 e. The quantitative estimate of drug-likeness (QED) is 0.845. The van der Waals surface area contributed by atoms with Gasteiger partial charge in [-0.3, -0.25) is 9.40 Å². The minimum absolute atomic E-state index is 0.238. The monoisotopic (exact) mass is 294 g/mol. The van der Waals surface area contributed by atoms with Gasteiger partial charge in [-0.05, 0) is 31.7 Å². The fourth-order valence-electron chi connectivity index (χ4n) is 1.79. The van der Waals surface area contributed by atoms with E-state index in [1.807, 2.05) is 14.0 Å². The van der Waals surface area contributed by atoms with Gasteiger partial charge in [-0.1, -0.05) is 12.1 Å². The Morgan fingerprint density at radius 3 is 2.50 bits per heavy atom. The number of nitrogens with zero attached hydrogens (tertiary/aromatic N) is 2. The van der Waals surface area contributed by atoms with Crippen LogP contribution in [0.25, 0.3) is 0 Å². The fraction of sp³-hybridized carbons (Fsp3) is 0.308. The molecular weight excluding hydrogens is 276 g/mol. The molecule has 108 valence electrons. The molecule has 0 unspecified atom stereocenters. The Morgan fingerprint density at radius 2 is 1.95 bits per heavy atom. The topological polar surface area (TPSA) is 76.0 Å². The molecule has 2 rings (SSSR count). The Labute approximate surface area is 118 Å². The summed E-state index contributed by atoms with van der Waals surface area (Å²) in [6.07, 6.45) is 3.16. The number of hydrogen-bond acceptors (Lipinski definition) is 4. The molecule has 0 saturated carbocycles. The van der Waals surface area contributed by atoms with Crippen LogP contribution in [0.4, 0.5) is 5.69 Å². The maximum atomic E-state index is 12.2. The van der Waals surface area contributed by atoms with E-state index in [-0.39, 0.29) is 4.90 Å². The van der Waals surface area contributed by atoms with Crippen molar-refractivity contribution in [2.24, 2.45) is 0 Å². The van der Waals surface area contributed by atoms with Gasteiger partial charge in [0.1, 0.15) is 0 Å². The highest BCUT2D eigenvalue weighted by molar-refractivity contribution is 7.92. The van der Waals surface area contributed by atoms with Gasteiger partial charge in [0.15, 0.2) is 0 Å². The van der Waals surface area contributed by atoms with E-state index < -0.39 is 10.0 Å². The normalized spacial score (nSPS) is 11.5. The van der Waals surface area contributed by atoms with Crippen LogP contribution < -0.4 is 10.0 Å². The number of sulfonamides is 1. The van der Waals surface area contributed by atoms with Gasteiger partial charge in [0.2, 0.25) is 0 Å². The van der Waals surface area contributed by atoms with Crippen molar-refractivity contribution in [1.29, 1.82) is 0 Å². The van der Waals surface area contributed by atoms with E-state index >= 15 is 0 Å². The standard InChI is InChI=1S/C13H18N4O2S/c1-3-17-10-12(9-15-17)16-20(18,19)13-6-4-11(5-7-13)8-14-2/h4-7,9-10,14,16H,3,8H2,1-2H3. The third kappa shape index (κ3) is 3.37. The number of rotatable bonds is 6. The number of anilines is 1. The summed E-state index contributed by atoms with van der Waals surface area (Å²) in [6, 6.07) is 6.78. The molecule has 0 bridgehead atoms. The maximum Gasteiger partial charge on any atom is 0.261 e. The zero-order chi connectivity index (χ0) is 14.6. The molecule has 0 spiro atoms. The van der Waals surface area contributed by atoms with Gasteiger partial charge in [-0.2, -0.15) is 5.10 Å².